The van der Waals surface area contributed by atoms with Gasteiger partial charge in [-0.25, -0.2) is 0 Å². The van der Waals surface area contributed by atoms with E-state index in [-0.39, 0.29) is 0 Å². The fourth-order valence-corrected chi connectivity index (χ4v) is 0.687. The SMILES string of the molecule is C1CCOCC1.C=C. The van der Waals surface area contributed by atoms with Gasteiger partial charge in [-0.05, 0) is 19.3 Å². The topological polar surface area (TPSA) is 9.23 Å². The van der Waals surface area contributed by atoms with Crippen molar-refractivity contribution >= 4 is 0 Å². The van der Waals surface area contributed by atoms with Crippen LogP contribution in [0.3, 0.4) is 0 Å². The first kappa shape index (κ1) is 7.70. The largest absolute Gasteiger partial charge is 0.381 e. The molecule has 48 valence electrons. The second-order valence-corrected chi connectivity index (χ2v) is 1.67. The zero-order chi connectivity index (χ0) is 6.24. The van der Waals surface area contributed by atoms with Crippen LogP contribution in [0.25, 0.3) is 0 Å². The van der Waals surface area contributed by atoms with Crippen molar-refractivity contribution in [1.82, 2.24) is 0 Å². The average molecular weight is 114 g/mol. The van der Waals surface area contributed by atoms with E-state index in [1.807, 2.05) is 0 Å². The average Bonchev–Trinajstić information content (AvgIpc) is 1.96. The van der Waals surface area contributed by atoms with Crippen molar-refractivity contribution in [2.45, 2.75) is 19.3 Å². The van der Waals surface area contributed by atoms with Crippen LogP contribution in [0.2, 0.25) is 0 Å². The summed E-state index contributed by atoms with van der Waals surface area (Å²) in [4.78, 5) is 0. The Morgan fingerprint density at radius 1 is 0.875 bits per heavy atom. The number of hydrogen-bond donors (Lipinski definition) is 0. The van der Waals surface area contributed by atoms with Crippen LogP contribution in [0.1, 0.15) is 19.3 Å². The van der Waals surface area contributed by atoms with Crippen molar-refractivity contribution in [2.24, 2.45) is 0 Å². The predicted molar refractivity (Wildman–Crippen MR) is 35.9 cm³/mol. The first-order chi connectivity index (χ1) is 4.00. The minimum Gasteiger partial charge on any atom is -0.381 e. The fraction of sp³-hybridized carbons (Fsp3) is 0.714. The van der Waals surface area contributed by atoms with Gasteiger partial charge >= 0.3 is 0 Å². The predicted octanol–water partition coefficient (Wildman–Crippen LogP) is 1.99. The molecule has 0 aromatic heterocycles. The van der Waals surface area contributed by atoms with Crippen molar-refractivity contribution in [3.63, 3.8) is 0 Å². The third kappa shape index (κ3) is 3.88. The molecule has 0 bridgehead atoms. The first-order valence-corrected chi connectivity index (χ1v) is 3.08. The van der Waals surface area contributed by atoms with Crippen molar-refractivity contribution in [1.29, 1.82) is 0 Å². The lowest BCUT2D eigenvalue weighted by Gasteiger charge is -2.08. The molecule has 0 aromatic rings. The second-order valence-electron chi connectivity index (χ2n) is 1.67. The highest BCUT2D eigenvalue weighted by molar-refractivity contribution is 4.45. The molecule has 1 heterocycles. The Morgan fingerprint density at radius 3 is 1.50 bits per heavy atom. The van der Waals surface area contributed by atoms with Crippen LogP contribution in [-0.2, 0) is 4.74 Å². The molecule has 1 nitrogen and oxygen atoms in total. The Bertz CT molecular complexity index is 28.1. The van der Waals surface area contributed by atoms with Crippen molar-refractivity contribution in [2.75, 3.05) is 13.2 Å². The highest BCUT2D eigenvalue weighted by Crippen LogP contribution is 2.01. The van der Waals surface area contributed by atoms with Crippen LogP contribution in [0, 0.1) is 0 Å². The Kier molecular flexibility index (Phi) is 6.45. The van der Waals surface area contributed by atoms with Crippen molar-refractivity contribution < 1.29 is 4.74 Å². The molecule has 0 saturated carbocycles. The Hall–Kier alpha value is -0.300. The molecule has 0 amide bonds. The summed E-state index contributed by atoms with van der Waals surface area (Å²) >= 11 is 0. The van der Waals surface area contributed by atoms with Crippen molar-refractivity contribution in [3.8, 4) is 0 Å². The van der Waals surface area contributed by atoms with Crippen LogP contribution < -0.4 is 0 Å². The molecule has 0 spiro atoms. The maximum absolute atomic E-state index is 5.07. The molecule has 0 N–H and O–H groups in total. The Labute approximate surface area is 51.4 Å². The third-order valence-electron chi connectivity index (χ3n) is 1.08. The second kappa shape index (κ2) is 6.70. The molecule has 0 aromatic carbocycles. The summed E-state index contributed by atoms with van der Waals surface area (Å²) in [6, 6.07) is 0. The van der Waals surface area contributed by atoms with E-state index in [1.165, 1.54) is 19.3 Å². The van der Waals surface area contributed by atoms with Crippen LogP contribution in [0.4, 0.5) is 0 Å². The third-order valence-corrected chi connectivity index (χ3v) is 1.08. The summed E-state index contributed by atoms with van der Waals surface area (Å²) in [5.74, 6) is 0. The highest BCUT2D eigenvalue weighted by atomic mass is 16.5. The summed E-state index contributed by atoms with van der Waals surface area (Å²) in [5, 5.41) is 0. The van der Waals surface area contributed by atoms with Crippen LogP contribution in [-0.4, -0.2) is 13.2 Å². The Morgan fingerprint density at radius 2 is 1.38 bits per heavy atom. The summed E-state index contributed by atoms with van der Waals surface area (Å²) in [6.45, 7) is 8.00. The van der Waals surface area contributed by atoms with Gasteiger partial charge in [0, 0.05) is 13.2 Å². The number of ether oxygens (including phenoxy) is 1. The van der Waals surface area contributed by atoms with Gasteiger partial charge in [-0.2, -0.15) is 0 Å². The molecular formula is C7H14O. The maximum Gasteiger partial charge on any atom is 0.0466 e. The van der Waals surface area contributed by atoms with Gasteiger partial charge in [0.1, 0.15) is 0 Å². The van der Waals surface area contributed by atoms with E-state index in [9.17, 15) is 0 Å². The lowest BCUT2D eigenvalue weighted by Crippen LogP contribution is -2.03. The monoisotopic (exact) mass is 114 g/mol. The lowest BCUT2D eigenvalue weighted by molar-refractivity contribution is 0.0968. The molecule has 1 aliphatic heterocycles. The van der Waals surface area contributed by atoms with E-state index in [0.29, 0.717) is 0 Å². The first-order valence-electron chi connectivity index (χ1n) is 3.08. The summed E-state index contributed by atoms with van der Waals surface area (Å²) < 4.78 is 5.07. The molecule has 1 heteroatoms. The van der Waals surface area contributed by atoms with Gasteiger partial charge in [-0.3, -0.25) is 0 Å². The van der Waals surface area contributed by atoms with Gasteiger partial charge in [-0.1, -0.05) is 0 Å². The molecule has 0 atom stereocenters. The highest BCUT2D eigenvalue weighted by Gasteiger charge is 1.94. The fourth-order valence-electron chi connectivity index (χ4n) is 0.687. The quantitative estimate of drug-likeness (QED) is 0.437. The molecule has 0 unspecified atom stereocenters. The minimum absolute atomic E-state index is 1.00. The standard InChI is InChI=1S/C5H10O.C2H4/c1-2-4-6-5-3-1;1-2/h1-5H2;1-2H2. The van der Waals surface area contributed by atoms with Gasteiger partial charge in [0.05, 0.1) is 0 Å². The maximum atomic E-state index is 5.07. The van der Waals surface area contributed by atoms with E-state index in [1.54, 1.807) is 0 Å². The molecule has 1 rings (SSSR count). The van der Waals surface area contributed by atoms with Gasteiger partial charge in [0.15, 0.2) is 0 Å². The van der Waals surface area contributed by atoms with E-state index < -0.39 is 0 Å². The molecule has 1 aliphatic rings. The van der Waals surface area contributed by atoms with E-state index in [0.717, 1.165) is 13.2 Å². The summed E-state index contributed by atoms with van der Waals surface area (Å²) in [7, 11) is 0. The summed E-state index contributed by atoms with van der Waals surface area (Å²) in [5.41, 5.74) is 0. The molecular weight excluding hydrogens is 100 g/mol. The normalized spacial score (nSPS) is 18.5. The van der Waals surface area contributed by atoms with Crippen molar-refractivity contribution in [3.05, 3.63) is 13.2 Å². The van der Waals surface area contributed by atoms with Gasteiger partial charge < -0.3 is 4.74 Å². The van der Waals surface area contributed by atoms with E-state index >= 15 is 0 Å². The number of rotatable bonds is 0. The van der Waals surface area contributed by atoms with Gasteiger partial charge in [0.2, 0.25) is 0 Å². The molecule has 1 saturated heterocycles. The Balaban J connectivity index is 0.000000222. The summed E-state index contributed by atoms with van der Waals surface area (Å²) in [6.07, 6.45) is 3.93. The zero-order valence-corrected chi connectivity index (χ0v) is 5.36. The number of hydrogen-bond acceptors (Lipinski definition) is 1. The lowest BCUT2D eigenvalue weighted by atomic mass is 10.2. The van der Waals surface area contributed by atoms with Crippen LogP contribution >= 0.6 is 0 Å². The van der Waals surface area contributed by atoms with Crippen LogP contribution in [0.15, 0.2) is 13.2 Å². The molecule has 8 heavy (non-hydrogen) atoms. The van der Waals surface area contributed by atoms with E-state index in [4.69, 9.17) is 4.74 Å². The van der Waals surface area contributed by atoms with E-state index in [2.05, 4.69) is 13.2 Å². The van der Waals surface area contributed by atoms with Gasteiger partial charge in [-0.15, -0.1) is 13.2 Å². The molecule has 1 fully saturated rings. The van der Waals surface area contributed by atoms with Crippen LogP contribution in [0.5, 0.6) is 0 Å². The minimum atomic E-state index is 1.00. The smallest absolute Gasteiger partial charge is 0.0466 e. The zero-order valence-electron chi connectivity index (χ0n) is 5.36. The molecule has 0 radical (unpaired) electrons. The van der Waals surface area contributed by atoms with Gasteiger partial charge in [0.25, 0.3) is 0 Å². The molecule has 0 aliphatic carbocycles.